The first-order chi connectivity index (χ1) is 13.2. The molecule has 1 saturated heterocycles. The van der Waals surface area contributed by atoms with Gasteiger partial charge in [0.25, 0.3) is 5.91 Å². The summed E-state index contributed by atoms with van der Waals surface area (Å²) in [5, 5.41) is 9.26. The second-order valence-corrected chi connectivity index (χ2v) is 6.46. The fourth-order valence-electron chi connectivity index (χ4n) is 3.12. The van der Waals surface area contributed by atoms with Crippen molar-refractivity contribution in [3.05, 3.63) is 60.2 Å². The van der Waals surface area contributed by atoms with E-state index in [2.05, 4.69) is 0 Å². The summed E-state index contributed by atoms with van der Waals surface area (Å²) in [5.74, 6) is 0.458. The molecule has 2 aromatic rings. The summed E-state index contributed by atoms with van der Waals surface area (Å²) >= 11 is 0. The van der Waals surface area contributed by atoms with Crippen LogP contribution in [0.1, 0.15) is 18.4 Å². The molecule has 3 rings (SSSR count). The third kappa shape index (κ3) is 5.08. The van der Waals surface area contributed by atoms with E-state index in [4.69, 9.17) is 4.74 Å². The largest absolute Gasteiger partial charge is 0.484 e. The number of aliphatic hydroxyl groups is 1. The number of ether oxygens (including phenoxy) is 1. The maximum Gasteiger partial charge on any atom is 0.260 e. The van der Waals surface area contributed by atoms with Gasteiger partial charge in [-0.05, 0) is 24.1 Å². The molecule has 0 spiro atoms. The highest BCUT2D eigenvalue weighted by atomic mass is 16.5. The summed E-state index contributed by atoms with van der Waals surface area (Å²) in [4.78, 5) is 27.7. The molecule has 1 N–H and O–H groups in total. The maximum atomic E-state index is 12.5. The van der Waals surface area contributed by atoms with Gasteiger partial charge in [0, 0.05) is 37.8 Å². The number of hydrogen-bond acceptors (Lipinski definition) is 4. The average molecular weight is 368 g/mol. The Labute approximate surface area is 159 Å². The monoisotopic (exact) mass is 368 g/mol. The molecule has 142 valence electrons. The van der Waals surface area contributed by atoms with E-state index < -0.39 is 0 Å². The molecule has 1 aliphatic heterocycles. The van der Waals surface area contributed by atoms with Crippen molar-refractivity contribution < 1.29 is 19.4 Å². The molecule has 2 aromatic carbocycles. The molecule has 1 heterocycles. The molecule has 0 bridgehead atoms. The van der Waals surface area contributed by atoms with Crippen molar-refractivity contribution in [3.63, 3.8) is 0 Å². The Bertz CT molecular complexity index is 779. The maximum absolute atomic E-state index is 12.5. The number of nitrogens with zero attached hydrogens (tertiary/aromatic N) is 2. The van der Waals surface area contributed by atoms with Crippen LogP contribution in [0.25, 0.3) is 0 Å². The summed E-state index contributed by atoms with van der Waals surface area (Å²) in [6.45, 7) is 1.16. The standard InChI is InChI=1S/C21H24N2O4/c24-13-12-22(15-17-6-2-1-3-7-17)21(26)16-27-19-9-4-8-18(14-19)23-11-5-10-20(23)25/h1-4,6-9,14,24H,5,10-13,15-16H2. The van der Waals surface area contributed by atoms with E-state index in [0.29, 0.717) is 25.3 Å². The number of aliphatic hydroxyl groups excluding tert-OH is 1. The summed E-state index contributed by atoms with van der Waals surface area (Å²) in [7, 11) is 0. The van der Waals surface area contributed by atoms with Gasteiger partial charge in [-0.2, -0.15) is 0 Å². The molecular formula is C21H24N2O4. The number of hydrogen-bond donors (Lipinski definition) is 1. The Morgan fingerprint density at radius 1 is 1.15 bits per heavy atom. The molecule has 0 aliphatic carbocycles. The normalized spacial score (nSPS) is 13.7. The zero-order valence-electron chi connectivity index (χ0n) is 15.2. The van der Waals surface area contributed by atoms with Crippen molar-refractivity contribution >= 4 is 17.5 Å². The van der Waals surface area contributed by atoms with Crippen LogP contribution in [-0.2, 0) is 16.1 Å². The van der Waals surface area contributed by atoms with Crippen LogP contribution in [0.2, 0.25) is 0 Å². The van der Waals surface area contributed by atoms with E-state index in [0.717, 1.165) is 17.7 Å². The van der Waals surface area contributed by atoms with E-state index >= 15 is 0 Å². The number of carbonyl (C=O) groups excluding carboxylic acids is 2. The summed E-state index contributed by atoms with van der Waals surface area (Å²) in [5.41, 5.74) is 1.78. The van der Waals surface area contributed by atoms with E-state index in [9.17, 15) is 14.7 Å². The topological polar surface area (TPSA) is 70.1 Å². The second kappa shape index (κ2) is 9.19. The van der Waals surface area contributed by atoms with Crippen molar-refractivity contribution in [1.29, 1.82) is 0 Å². The highest BCUT2D eigenvalue weighted by Gasteiger charge is 2.22. The summed E-state index contributed by atoms with van der Waals surface area (Å²) in [6, 6.07) is 16.9. The van der Waals surface area contributed by atoms with Crippen LogP contribution in [0.5, 0.6) is 5.75 Å². The van der Waals surface area contributed by atoms with Crippen LogP contribution < -0.4 is 9.64 Å². The van der Waals surface area contributed by atoms with Crippen LogP contribution in [0.4, 0.5) is 5.69 Å². The fourth-order valence-corrected chi connectivity index (χ4v) is 3.12. The third-order valence-corrected chi connectivity index (χ3v) is 4.50. The van der Waals surface area contributed by atoms with Gasteiger partial charge in [-0.1, -0.05) is 36.4 Å². The summed E-state index contributed by atoms with van der Waals surface area (Å²) < 4.78 is 5.66. The first-order valence-electron chi connectivity index (χ1n) is 9.13. The average Bonchev–Trinajstić information content (AvgIpc) is 3.13. The SMILES string of the molecule is O=C(COc1cccc(N2CCCC2=O)c1)N(CCO)Cc1ccccc1. The first-order valence-corrected chi connectivity index (χ1v) is 9.13. The minimum absolute atomic E-state index is 0.106. The molecule has 0 atom stereocenters. The lowest BCUT2D eigenvalue weighted by molar-refractivity contribution is -0.134. The molecule has 6 heteroatoms. The lowest BCUT2D eigenvalue weighted by Crippen LogP contribution is -2.36. The van der Waals surface area contributed by atoms with E-state index in [1.807, 2.05) is 42.5 Å². The van der Waals surface area contributed by atoms with E-state index in [-0.39, 0.29) is 31.6 Å². The predicted molar refractivity (Wildman–Crippen MR) is 102 cm³/mol. The Kier molecular flexibility index (Phi) is 6.44. The van der Waals surface area contributed by atoms with Gasteiger partial charge in [0.2, 0.25) is 5.91 Å². The van der Waals surface area contributed by atoms with Crippen molar-refractivity contribution in [2.24, 2.45) is 0 Å². The highest BCUT2D eigenvalue weighted by Crippen LogP contribution is 2.25. The van der Waals surface area contributed by atoms with Gasteiger partial charge in [0.05, 0.1) is 6.61 Å². The van der Waals surface area contributed by atoms with Crippen LogP contribution in [0, 0.1) is 0 Å². The third-order valence-electron chi connectivity index (χ3n) is 4.50. The lowest BCUT2D eigenvalue weighted by Gasteiger charge is -2.22. The van der Waals surface area contributed by atoms with Crippen molar-refractivity contribution in [2.45, 2.75) is 19.4 Å². The Morgan fingerprint density at radius 2 is 1.96 bits per heavy atom. The van der Waals surface area contributed by atoms with Gasteiger partial charge in [0.1, 0.15) is 5.75 Å². The molecule has 0 saturated carbocycles. The molecule has 1 fully saturated rings. The molecule has 2 amide bonds. The molecule has 0 aromatic heterocycles. The number of carbonyl (C=O) groups is 2. The fraction of sp³-hybridized carbons (Fsp3) is 0.333. The number of anilines is 1. The zero-order valence-corrected chi connectivity index (χ0v) is 15.2. The van der Waals surface area contributed by atoms with E-state index in [1.54, 1.807) is 21.9 Å². The molecule has 27 heavy (non-hydrogen) atoms. The van der Waals surface area contributed by atoms with Gasteiger partial charge < -0.3 is 19.6 Å². The number of benzene rings is 2. The smallest absolute Gasteiger partial charge is 0.260 e. The Hall–Kier alpha value is -2.86. The molecule has 0 radical (unpaired) electrons. The van der Waals surface area contributed by atoms with Crippen molar-refractivity contribution in [2.75, 3.05) is 31.2 Å². The first kappa shape index (κ1) is 18.9. The molecular weight excluding hydrogens is 344 g/mol. The molecule has 1 aliphatic rings. The van der Waals surface area contributed by atoms with Gasteiger partial charge in [-0.25, -0.2) is 0 Å². The molecule has 0 unspecified atom stereocenters. The van der Waals surface area contributed by atoms with E-state index in [1.165, 1.54) is 0 Å². The Morgan fingerprint density at radius 3 is 2.67 bits per heavy atom. The Balaban J connectivity index is 1.60. The van der Waals surface area contributed by atoms with Crippen LogP contribution in [-0.4, -0.2) is 48.1 Å². The predicted octanol–water partition coefficient (Wildman–Crippen LogP) is 2.21. The second-order valence-electron chi connectivity index (χ2n) is 6.46. The van der Waals surface area contributed by atoms with Crippen molar-refractivity contribution in [3.8, 4) is 5.75 Å². The number of rotatable bonds is 8. The van der Waals surface area contributed by atoms with Crippen LogP contribution >= 0.6 is 0 Å². The lowest BCUT2D eigenvalue weighted by atomic mass is 10.2. The van der Waals surface area contributed by atoms with Gasteiger partial charge in [-0.15, -0.1) is 0 Å². The van der Waals surface area contributed by atoms with Gasteiger partial charge in [-0.3, -0.25) is 9.59 Å². The quantitative estimate of drug-likeness (QED) is 0.776. The minimum Gasteiger partial charge on any atom is -0.484 e. The molecule has 6 nitrogen and oxygen atoms in total. The number of amides is 2. The highest BCUT2D eigenvalue weighted by molar-refractivity contribution is 5.95. The van der Waals surface area contributed by atoms with Gasteiger partial charge >= 0.3 is 0 Å². The zero-order chi connectivity index (χ0) is 19.1. The minimum atomic E-state index is -0.199. The summed E-state index contributed by atoms with van der Waals surface area (Å²) in [6.07, 6.45) is 1.43. The van der Waals surface area contributed by atoms with Crippen LogP contribution in [0.3, 0.4) is 0 Å². The van der Waals surface area contributed by atoms with Crippen molar-refractivity contribution in [1.82, 2.24) is 4.90 Å². The van der Waals surface area contributed by atoms with Crippen LogP contribution in [0.15, 0.2) is 54.6 Å². The van der Waals surface area contributed by atoms with Gasteiger partial charge in [0.15, 0.2) is 6.61 Å².